The first-order chi connectivity index (χ1) is 32.0. The molecule has 2 aromatic heterocycles. The summed E-state index contributed by atoms with van der Waals surface area (Å²) in [6.45, 7) is 24.2. The Morgan fingerprint density at radius 3 is 1.88 bits per heavy atom. The predicted octanol–water partition coefficient (Wildman–Crippen LogP) is 16.7. The van der Waals surface area contributed by atoms with Crippen molar-refractivity contribution in [2.45, 2.75) is 87.0 Å². The molecule has 0 radical (unpaired) electrons. The molecule has 10 rings (SSSR count). The molecule has 0 aliphatic heterocycles. The van der Waals surface area contributed by atoms with Crippen molar-refractivity contribution in [2.75, 3.05) is 0 Å². The number of hydrogen-bond donors (Lipinski definition) is 1. The number of aryl methyl sites for hydroxylation is 5. The van der Waals surface area contributed by atoms with E-state index in [1.807, 2.05) is 6.20 Å². The van der Waals surface area contributed by atoms with Crippen molar-refractivity contribution in [3.8, 4) is 67.5 Å². The van der Waals surface area contributed by atoms with Crippen molar-refractivity contribution in [2.24, 2.45) is 0 Å². The molecule has 1 N–H and O–H groups in total. The molecule has 342 valence electrons. The van der Waals surface area contributed by atoms with E-state index in [0.29, 0.717) is 11.4 Å². The van der Waals surface area contributed by atoms with Crippen LogP contribution in [0.2, 0.25) is 0 Å². The molecule has 0 atom stereocenters. The normalized spacial score (nSPS) is 12.0. The summed E-state index contributed by atoms with van der Waals surface area (Å²) >= 11 is 0. The number of aromatic nitrogens is 3. The van der Waals surface area contributed by atoms with Gasteiger partial charge in [-0.1, -0.05) is 166 Å². The van der Waals surface area contributed by atoms with Crippen molar-refractivity contribution >= 4 is 32.6 Å². The number of phenolic OH excluding ortho intramolecular Hbond substituents is 1. The summed E-state index contributed by atoms with van der Waals surface area (Å²) in [6, 6.07) is 53.9. The molecule has 8 aromatic carbocycles. The van der Waals surface area contributed by atoms with Gasteiger partial charge in [-0.3, -0.25) is 9.55 Å². The fourth-order valence-electron chi connectivity index (χ4n) is 10.3. The molecule has 0 saturated heterocycles. The molecule has 2 heterocycles. The van der Waals surface area contributed by atoms with Gasteiger partial charge in [-0.2, -0.15) is 0 Å². The van der Waals surface area contributed by atoms with E-state index in [9.17, 15) is 5.11 Å². The first-order valence-electron chi connectivity index (χ1n) is 23.5. The van der Waals surface area contributed by atoms with E-state index in [2.05, 4.69) is 226 Å². The first-order valence-corrected chi connectivity index (χ1v) is 23.5. The van der Waals surface area contributed by atoms with Crippen molar-refractivity contribution in [3.05, 3.63) is 191 Å². The van der Waals surface area contributed by atoms with E-state index in [1.165, 1.54) is 33.4 Å². The van der Waals surface area contributed by atoms with Gasteiger partial charge in [-0.15, -0.1) is 23.6 Å². The number of rotatable bonds is 6. The van der Waals surface area contributed by atoms with Crippen LogP contribution < -0.4 is 0 Å². The zero-order chi connectivity index (χ0) is 47.1. The Kier molecular flexibility index (Phi) is 12.0. The van der Waals surface area contributed by atoms with Gasteiger partial charge < -0.3 is 5.11 Å². The third-order valence-electron chi connectivity index (χ3n) is 13.8. The van der Waals surface area contributed by atoms with Gasteiger partial charge in [0.15, 0.2) is 0 Å². The van der Waals surface area contributed by atoms with Crippen LogP contribution in [0.25, 0.3) is 94.3 Å². The van der Waals surface area contributed by atoms with E-state index in [-0.39, 0.29) is 37.6 Å². The standard InChI is InChI=1S/C63H58N3O.Pt/c1-37-30-38(2)57(39(3)31-37)46-28-29-64-54(34-46)45-22-24-48-40(4)41(5)49-25-27-56-59(58(49)51(48)33-45)65-61(52-35-47(62(6,7)8)36-53(60(52)67)63(9,10)11)66(56)55-26-23-44(42-18-14-12-15-19-42)32-50(55)43-20-16-13-17-21-43;/h12-32,34-36,67H,1-11H3;/q-1;. The van der Waals surface area contributed by atoms with Gasteiger partial charge in [0.05, 0.1) is 22.3 Å². The number of imidazole rings is 1. The van der Waals surface area contributed by atoms with Crippen LogP contribution in [0.5, 0.6) is 5.75 Å². The maximum absolute atomic E-state index is 12.7. The minimum atomic E-state index is -0.339. The second-order valence-electron chi connectivity index (χ2n) is 20.6. The fraction of sp³-hybridized carbons (Fsp3) is 0.206. The Morgan fingerprint density at radius 2 is 1.22 bits per heavy atom. The molecule has 0 amide bonds. The molecule has 0 bridgehead atoms. The number of aromatic hydroxyl groups is 1. The zero-order valence-corrected chi connectivity index (χ0v) is 43.2. The summed E-state index contributed by atoms with van der Waals surface area (Å²) in [5.74, 6) is 0.932. The maximum atomic E-state index is 12.7. The Labute approximate surface area is 416 Å². The third kappa shape index (κ3) is 8.07. The van der Waals surface area contributed by atoms with E-state index < -0.39 is 0 Å². The first kappa shape index (κ1) is 46.5. The minimum Gasteiger partial charge on any atom is -0.507 e. The number of hydrogen-bond acceptors (Lipinski definition) is 3. The summed E-state index contributed by atoms with van der Waals surface area (Å²) in [4.78, 5) is 10.7. The molecule has 0 unspecified atom stereocenters. The van der Waals surface area contributed by atoms with E-state index in [4.69, 9.17) is 9.97 Å². The Balaban J connectivity index is 0.00000578. The van der Waals surface area contributed by atoms with E-state index >= 15 is 0 Å². The summed E-state index contributed by atoms with van der Waals surface area (Å²) in [6.07, 6.45) is 1.92. The molecule has 0 fully saturated rings. The average Bonchev–Trinajstić information content (AvgIpc) is 3.69. The second kappa shape index (κ2) is 17.5. The smallest absolute Gasteiger partial charge is 0.148 e. The molecule has 4 nitrogen and oxygen atoms in total. The number of nitrogens with zero attached hydrogens (tertiary/aromatic N) is 3. The second-order valence-corrected chi connectivity index (χ2v) is 20.6. The number of phenols is 1. The summed E-state index contributed by atoms with van der Waals surface area (Å²) in [5.41, 5.74) is 19.7. The van der Waals surface area contributed by atoms with E-state index in [0.717, 1.165) is 88.5 Å². The van der Waals surface area contributed by atoms with Gasteiger partial charge in [0.2, 0.25) is 0 Å². The van der Waals surface area contributed by atoms with Crippen LogP contribution in [0.15, 0.2) is 146 Å². The Hall–Kier alpha value is -6.61. The van der Waals surface area contributed by atoms with Crippen molar-refractivity contribution in [3.63, 3.8) is 0 Å². The van der Waals surface area contributed by atoms with Crippen molar-refractivity contribution < 1.29 is 26.2 Å². The van der Waals surface area contributed by atoms with Crippen molar-refractivity contribution in [1.82, 2.24) is 14.5 Å². The zero-order valence-electron chi connectivity index (χ0n) is 41.0. The van der Waals surface area contributed by atoms with Crippen LogP contribution in [0.1, 0.15) is 80.5 Å². The summed E-state index contributed by atoms with van der Waals surface area (Å²) in [5, 5.41) is 16.9. The SMILES string of the molecule is Cc1cc(C)c(-c2ccnc(-c3[c-]c4c(cc3)c(C)c(C)c3ccc5c(nc(-c6cc(C(C)(C)C)cc(C(C)(C)C)c6O)n5-c5ccc(-c6ccccc6)cc5-c5ccccc5)c34)c2)c(C)c1.[Pt]. The quantitative estimate of drug-likeness (QED) is 0.133. The molecular formula is C63H58N3OPt-. The number of pyridine rings is 1. The Bertz CT molecular complexity index is 3570. The van der Waals surface area contributed by atoms with Gasteiger partial charge in [0.25, 0.3) is 0 Å². The van der Waals surface area contributed by atoms with Crippen LogP contribution in [0.3, 0.4) is 0 Å². The maximum Gasteiger partial charge on any atom is 0.148 e. The van der Waals surface area contributed by atoms with Crippen LogP contribution >= 0.6 is 0 Å². The average molecular weight is 1070 g/mol. The summed E-state index contributed by atoms with van der Waals surface area (Å²) in [7, 11) is 0. The topological polar surface area (TPSA) is 50.9 Å². The molecule has 0 spiro atoms. The molecule has 10 aromatic rings. The molecule has 0 aliphatic carbocycles. The van der Waals surface area contributed by atoms with E-state index in [1.54, 1.807) is 0 Å². The van der Waals surface area contributed by atoms with Gasteiger partial charge >= 0.3 is 0 Å². The van der Waals surface area contributed by atoms with Gasteiger partial charge in [-0.05, 0) is 131 Å². The van der Waals surface area contributed by atoms with Crippen LogP contribution in [-0.2, 0) is 31.9 Å². The molecular weight excluding hydrogens is 1010 g/mol. The largest absolute Gasteiger partial charge is 0.507 e. The monoisotopic (exact) mass is 1070 g/mol. The van der Waals surface area contributed by atoms with Gasteiger partial charge in [0.1, 0.15) is 11.6 Å². The fourth-order valence-corrected chi connectivity index (χ4v) is 10.3. The summed E-state index contributed by atoms with van der Waals surface area (Å²) < 4.78 is 2.29. The van der Waals surface area contributed by atoms with Gasteiger partial charge in [0, 0.05) is 44.1 Å². The Morgan fingerprint density at radius 1 is 0.574 bits per heavy atom. The van der Waals surface area contributed by atoms with Crippen LogP contribution in [0, 0.1) is 40.7 Å². The number of fused-ring (bicyclic) bond motifs is 5. The minimum absolute atomic E-state index is 0. The number of benzene rings is 8. The predicted molar refractivity (Wildman–Crippen MR) is 283 cm³/mol. The molecule has 0 aliphatic rings. The third-order valence-corrected chi connectivity index (χ3v) is 13.8. The van der Waals surface area contributed by atoms with Crippen LogP contribution in [-0.4, -0.2) is 19.6 Å². The van der Waals surface area contributed by atoms with Gasteiger partial charge in [-0.25, -0.2) is 4.98 Å². The molecule has 0 saturated carbocycles. The molecule has 68 heavy (non-hydrogen) atoms. The van der Waals surface area contributed by atoms with Crippen molar-refractivity contribution in [1.29, 1.82) is 0 Å². The van der Waals surface area contributed by atoms with Crippen LogP contribution in [0.4, 0.5) is 0 Å². The molecule has 5 heteroatoms.